The lowest BCUT2D eigenvalue weighted by Gasteiger charge is -2.26. The van der Waals surface area contributed by atoms with Gasteiger partial charge >= 0.3 is 11.9 Å². The van der Waals surface area contributed by atoms with E-state index in [0.717, 1.165) is 12.1 Å². The molecular formula is C17H28O5Si. The number of rotatable bonds is 12. The Morgan fingerprint density at radius 1 is 0.957 bits per heavy atom. The Hall–Kier alpha value is -1.66. The van der Waals surface area contributed by atoms with E-state index in [1.54, 1.807) is 21.0 Å². The summed E-state index contributed by atoms with van der Waals surface area (Å²) in [7, 11) is -0.431. The molecule has 0 atom stereocenters. The van der Waals surface area contributed by atoms with Gasteiger partial charge in [0.15, 0.2) is 0 Å². The summed E-state index contributed by atoms with van der Waals surface area (Å²) in [4.78, 5) is 22.6. The fourth-order valence-corrected chi connectivity index (χ4v) is 4.65. The van der Waals surface area contributed by atoms with Gasteiger partial charge in [-0.1, -0.05) is 18.9 Å². The quantitative estimate of drug-likeness (QED) is 0.236. The van der Waals surface area contributed by atoms with Crippen molar-refractivity contribution in [3.8, 4) is 0 Å². The van der Waals surface area contributed by atoms with E-state index in [1.807, 2.05) is 5.70 Å². The summed E-state index contributed by atoms with van der Waals surface area (Å²) in [6.07, 6.45) is 1.41. The molecule has 0 unspecified atom stereocenters. The van der Waals surface area contributed by atoms with Gasteiger partial charge in [0.1, 0.15) is 0 Å². The Bertz CT molecular complexity index is 422. The van der Waals surface area contributed by atoms with Crippen LogP contribution in [0.1, 0.15) is 26.7 Å². The van der Waals surface area contributed by atoms with Crippen molar-refractivity contribution in [3.63, 3.8) is 0 Å². The van der Waals surface area contributed by atoms with Crippen LogP contribution in [0, 0.1) is 0 Å². The summed E-state index contributed by atoms with van der Waals surface area (Å²) in [6.45, 7) is 14.9. The molecule has 0 aliphatic heterocycles. The van der Waals surface area contributed by atoms with Crippen LogP contribution >= 0.6 is 0 Å². The van der Waals surface area contributed by atoms with E-state index in [1.165, 1.54) is 0 Å². The maximum atomic E-state index is 11.3. The van der Waals surface area contributed by atoms with Crippen molar-refractivity contribution in [1.29, 1.82) is 0 Å². The lowest BCUT2D eigenvalue weighted by molar-refractivity contribution is -0.139. The molecule has 0 saturated heterocycles. The van der Waals surface area contributed by atoms with Gasteiger partial charge in [-0.2, -0.15) is 0 Å². The van der Waals surface area contributed by atoms with Gasteiger partial charge in [0.25, 0.3) is 0 Å². The van der Waals surface area contributed by atoms with Gasteiger partial charge in [0.2, 0.25) is 8.32 Å². The third kappa shape index (κ3) is 8.52. The Morgan fingerprint density at radius 3 is 1.61 bits per heavy atom. The summed E-state index contributed by atoms with van der Waals surface area (Å²) < 4.78 is 15.9. The molecule has 0 spiro atoms. The number of esters is 2. The van der Waals surface area contributed by atoms with Crippen LogP contribution in [0.3, 0.4) is 0 Å². The van der Waals surface area contributed by atoms with Crippen molar-refractivity contribution < 1.29 is 23.5 Å². The highest BCUT2D eigenvalue weighted by atomic mass is 28.4. The number of carbonyl (C=O) groups excluding carboxylic acids is 2. The lowest BCUT2D eigenvalue weighted by Crippen LogP contribution is -2.35. The minimum atomic E-state index is -2.11. The molecule has 0 rings (SSSR count). The van der Waals surface area contributed by atoms with Crippen LogP contribution in [-0.2, 0) is 23.5 Å². The van der Waals surface area contributed by atoms with E-state index in [9.17, 15) is 9.59 Å². The molecule has 0 saturated carbocycles. The maximum Gasteiger partial charge on any atom is 0.333 e. The molecule has 0 radical (unpaired) electrons. The fourth-order valence-electron chi connectivity index (χ4n) is 1.94. The van der Waals surface area contributed by atoms with Gasteiger partial charge in [0.05, 0.1) is 13.2 Å². The van der Waals surface area contributed by atoms with Crippen LogP contribution in [0.2, 0.25) is 12.1 Å². The predicted molar refractivity (Wildman–Crippen MR) is 93.4 cm³/mol. The third-order valence-corrected chi connectivity index (χ3v) is 7.39. The number of hydrogen-bond donors (Lipinski definition) is 0. The first-order valence-corrected chi connectivity index (χ1v) is 10.0. The molecule has 130 valence electrons. The van der Waals surface area contributed by atoms with Crippen molar-refractivity contribution in [3.05, 3.63) is 36.6 Å². The smallest absolute Gasteiger partial charge is 0.333 e. The molecule has 23 heavy (non-hydrogen) atoms. The van der Waals surface area contributed by atoms with Crippen LogP contribution < -0.4 is 0 Å². The molecule has 0 aromatic heterocycles. The van der Waals surface area contributed by atoms with Gasteiger partial charge in [0, 0.05) is 18.3 Å². The summed E-state index contributed by atoms with van der Waals surface area (Å²) in [5, 5.41) is 0. The van der Waals surface area contributed by atoms with Crippen molar-refractivity contribution >= 4 is 20.3 Å². The molecule has 0 heterocycles. The zero-order chi connectivity index (χ0) is 17.9. The second-order valence-corrected chi connectivity index (χ2v) is 9.46. The van der Waals surface area contributed by atoms with Gasteiger partial charge in [-0.15, -0.1) is 6.58 Å². The van der Waals surface area contributed by atoms with Gasteiger partial charge in [-0.3, -0.25) is 0 Å². The predicted octanol–water partition coefficient (Wildman–Crippen LogP) is 3.32. The van der Waals surface area contributed by atoms with E-state index in [0.29, 0.717) is 37.2 Å². The molecular weight excluding hydrogens is 312 g/mol. The van der Waals surface area contributed by atoms with E-state index >= 15 is 0 Å². The van der Waals surface area contributed by atoms with E-state index in [-0.39, 0.29) is 11.9 Å². The van der Waals surface area contributed by atoms with Crippen LogP contribution in [0.25, 0.3) is 0 Å². The summed E-state index contributed by atoms with van der Waals surface area (Å²) in [5.41, 5.74) is 2.67. The first kappa shape index (κ1) is 21.3. The zero-order valence-electron chi connectivity index (χ0n) is 14.5. The number of ether oxygens (including phenoxy) is 2. The highest BCUT2D eigenvalue weighted by Crippen LogP contribution is 2.22. The lowest BCUT2D eigenvalue weighted by atomic mass is 10.4. The second kappa shape index (κ2) is 11.0. The van der Waals surface area contributed by atoms with Crippen LogP contribution in [0.15, 0.2) is 36.6 Å². The molecule has 0 N–H and O–H groups in total. The molecule has 6 heteroatoms. The van der Waals surface area contributed by atoms with Gasteiger partial charge in [-0.05, 0) is 38.8 Å². The third-order valence-electron chi connectivity index (χ3n) is 3.43. The molecule has 0 aliphatic carbocycles. The largest absolute Gasteiger partial charge is 0.462 e. The monoisotopic (exact) mass is 340 g/mol. The Balaban J connectivity index is 4.22. The maximum absolute atomic E-state index is 11.3. The SMILES string of the molecule is C=C[Si](CCCOC(=O)C(=C)C)(CCCOC(=O)C(=C)C)OC. The van der Waals surface area contributed by atoms with Crippen molar-refractivity contribution in [2.24, 2.45) is 0 Å². The fraction of sp³-hybridized carbons (Fsp3) is 0.529. The summed E-state index contributed by atoms with van der Waals surface area (Å²) in [6, 6.07) is 1.59. The molecule has 0 aromatic carbocycles. The van der Waals surface area contributed by atoms with E-state index < -0.39 is 8.32 Å². The van der Waals surface area contributed by atoms with Crippen LogP contribution in [0.4, 0.5) is 0 Å². The first-order valence-electron chi connectivity index (χ1n) is 7.62. The second-order valence-electron chi connectivity index (χ2n) is 5.51. The van der Waals surface area contributed by atoms with Crippen LogP contribution in [0.5, 0.6) is 0 Å². The number of carbonyl (C=O) groups is 2. The highest BCUT2D eigenvalue weighted by Gasteiger charge is 2.29. The molecule has 0 aliphatic rings. The average Bonchev–Trinajstić information content (AvgIpc) is 2.52. The van der Waals surface area contributed by atoms with Crippen molar-refractivity contribution in [2.75, 3.05) is 20.3 Å². The minimum Gasteiger partial charge on any atom is -0.462 e. The van der Waals surface area contributed by atoms with Crippen LogP contribution in [-0.4, -0.2) is 40.6 Å². The molecule has 0 amide bonds. The van der Waals surface area contributed by atoms with Gasteiger partial charge in [-0.25, -0.2) is 9.59 Å². The number of hydrogen-bond acceptors (Lipinski definition) is 5. The van der Waals surface area contributed by atoms with Crippen molar-refractivity contribution in [1.82, 2.24) is 0 Å². The zero-order valence-corrected chi connectivity index (χ0v) is 15.5. The highest BCUT2D eigenvalue weighted by molar-refractivity contribution is 6.78. The van der Waals surface area contributed by atoms with E-state index in [4.69, 9.17) is 13.9 Å². The molecule has 0 fully saturated rings. The molecule has 0 bridgehead atoms. The minimum absolute atomic E-state index is 0.336. The Morgan fingerprint density at radius 2 is 1.35 bits per heavy atom. The van der Waals surface area contributed by atoms with Gasteiger partial charge < -0.3 is 13.9 Å². The Labute approximate surface area is 140 Å². The normalized spacial score (nSPS) is 10.7. The van der Waals surface area contributed by atoms with Crippen molar-refractivity contribution in [2.45, 2.75) is 38.8 Å². The summed E-state index contributed by atoms with van der Waals surface area (Å²) >= 11 is 0. The Kier molecular flexibility index (Phi) is 10.2. The van der Waals surface area contributed by atoms with E-state index in [2.05, 4.69) is 19.7 Å². The topological polar surface area (TPSA) is 61.8 Å². The first-order chi connectivity index (χ1) is 10.8. The molecule has 5 nitrogen and oxygen atoms in total. The average molecular weight is 340 g/mol. The standard InChI is InChI=1S/C17H28O5Si/c1-7-23(20-6,12-8-10-21-16(18)14(2)3)13-9-11-22-17(19)15(4)5/h7H,1-2,4,8-13H2,3,5-6H3. The summed E-state index contributed by atoms with van der Waals surface area (Å²) in [5.74, 6) is -0.750. The molecule has 0 aromatic rings.